The second-order valence-electron chi connectivity index (χ2n) is 3.83. The van der Waals surface area contributed by atoms with Crippen molar-refractivity contribution in [2.75, 3.05) is 25.9 Å². The van der Waals surface area contributed by atoms with Crippen molar-refractivity contribution in [1.82, 2.24) is 10.2 Å². The van der Waals surface area contributed by atoms with Crippen molar-refractivity contribution in [3.05, 3.63) is 0 Å². The van der Waals surface area contributed by atoms with Crippen molar-refractivity contribution >= 4 is 17.7 Å². The molecule has 2 N–H and O–H groups in total. The molecule has 1 unspecified atom stereocenters. The van der Waals surface area contributed by atoms with Gasteiger partial charge < -0.3 is 10.0 Å². The van der Waals surface area contributed by atoms with Crippen LogP contribution < -0.4 is 5.32 Å². The highest BCUT2D eigenvalue weighted by Crippen LogP contribution is 2.37. The molecule has 2 fully saturated rings. The molecule has 2 aliphatic rings. The number of nitrogens with one attached hydrogen (secondary N) is 1. The van der Waals surface area contributed by atoms with Crippen molar-refractivity contribution in [3.63, 3.8) is 0 Å². The highest BCUT2D eigenvalue weighted by atomic mass is 32.2. The lowest BCUT2D eigenvalue weighted by Gasteiger charge is -2.22. The molecule has 0 aromatic carbocycles. The smallest absolute Gasteiger partial charge is 0.321 e. The predicted octanol–water partition coefficient (Wildman–Crippen LogP) is -0.192. The maximum absolute atomic E-state index is 10.7. The monoisotopic (exact) mass is 202 g/mol. The number of carboxylic acid groups (broad SMARTS) is 1. The quantitative estimate of drug-likeness (QED) is 0.617. The number of thioether (sulfide) groups is 1. The highest BCUT2D eigenvalue weighted by molar-refractivity contribution is 8.01. The van der Waals surface area contributed by atoms with Crippen LogP contribution in [0.4, 0.5) is 0 Å². The molecule has 2 rings (SSSR count). The van der Waals surface area contributed by atoms with Gasteiger partial charge in [-0.25, -0.2) is 0 Å². The van der Waals surface area contributed by atoms with Crippen molar-refractivity contribution in [2.24, 2.45) is 0 Å². The Labute approximate surface area is 81.7 Å². The Morgan fingerprint density at radius 3 is 3.00 bits per heavy atom. The fraction of sp³-hybridized carbons (Fsp3) is 0.875. The van der Waals surface area contributed by atoms with Gasteiger partial charge in [-0.1, -0.05) is 0 Å². The van der Waals surface area contributed by atoms with Crippen LogP contribution >= 0.6 is 11.8 Å². The van der Waals surface area contributed by atoms with Crippen LogP contribution in [0.25, 0.3) is 0 Å². The van der Waals surface area contributed by atoms with E-state index in [4.69, 9.17) is 5.11 Å². The summed E-state index contributed by atoms with van der Waals surface area (Å²) >= 11 is 1.76. The highest BCUT2D eigenvalue weighted by Gasteiger charge is 2.45. The molecule has 1 spiro atoms. The number of hydrogen-bond acceptors (Lipinski definition) is 4. The van der Waals surface area contributed by atoms with Crippen LogP contribution in [0.1, 0.15) is 6.42 Å². The van der Waals surface area contributed by atoms with Gasteiger partial charge in [-0.15, -0.1) is 11.8 Å². The van der Waals surface area contributed by atoms with Crippen molar-refractivity contribution in [1.29, 1.82) is 0 Å². The number of hydrogen-bond donors (Lipinski definition) is 2. The van der Waals surface area contributed by atoms with Gasteiger partial charge in [-0.05, 0) is 13.5 Å². The van der Waals surface area contributed by atoms with Gasteiger partial charge in [0, 0.05) is 18.8 Å². The molecule has 74 valence electrons. The molecule has 2 atom stereocenters. The molecule has 4 nitrogen and oxygen atoms in total. The topological polar surface area (TPSA) is 52.6 Å². The molecule has 2 heterocycles. The van der Waals surface area contributed by atoms with Crippen LogP contribution in [0.5, 0.6) is 0 Å². The van der Waals surface area contributed by atoms with Gasteiger partial charge in [0.1, 0.15) is 6.04 Å². The average molecular weight is 202 g/mol. The first-order valence-corrected chi connectivity index (χ1v) is 5.43. The first-order valence-electron chi connectivity index (χ1n) is 4.44. The van der Waals surface area contributed by atoms with Crippen molar-refractivity contribution < 1.29 is 9.90 Å². The molecule has 5 heteroatoms. The van der Waals surface area contributed by atoms with Crippen LogP contribution in [0.2, 0.25) is 0 Å². The minimum absolute atomic E-state index is 0.0256. The van der Waals surface area contributed by atoms with E-state index in [1.807, 2.05) is 0 Å². The SMILES string of the molecule is CN1CCC2(C1)N[C@H](C(=O)O)CS2. The number of carbonyl (C=O) groups is 1. The zero-order chi connectivity index (χ0) is 9.47. The van der Waals surface area contributed by atoms with Crippen LogP contribution in [-0.2, 0) is 4.79 Å². The van der Waals surface area contributed by atoms with E-state index in [1.165, 1.54) is 0 Å². The lowest BCUT2D eigenvalue weighted by molar-refractivity contribution is -0.138. The Morgan fingerprint density at radius 1 is 1.77 bits per heavy atom. The molecule has 0 saturated carbocycles. The zero-order valence-corrected chi connectivity index (χ0v) is 8.43. The Kier molecular flexibility index (Phi) is 2.25. The van der Waals surface area contributed by atoms with Gasteiger partial charge in [-0.3, -0.25) is 10.1 Å². The maximum Gasteiger partial charge on any atom is 0.321 e. The molecule has 0 aromatic heterocycles. The van der Waals surface area contributed by atoms with Gasteiger partial charge in [-0.2, -0.15) is 0 Å². The van der Waals surface area contributed by atoms with E-state index in [0.717, 1.165) is 19.5 Å². The van der Waals surface area contributed by atoms with Gasteiger partial charge in [0.25, 0.3) is 0 Å². The Hall–Kier alpha value is -0.260. The summed E-state index contributed by atoms with van der Waals surface area (Å²) < 4.78 is 0. The van der Waals surface area contributed by atoms with E-state index in [0.29, 0.717) is 5.75 Å². The van der Waals surface area contributed by atoms with E-state index in [9.17, 15) is 4.79 Å². The van der Waals surface area contributed by atoms with E-state index < -0.39 is 5.97 Å². The predicted molar refractivity (Wildman–Crippen MR) is 51.9 cm³/mol. The summed E-state index contributed by atoms with van der Waals surface area (Å²) in [6.07, 6.45) is 1.05. The summed E-state index contributed by atoms with van der Waals surface area (Å²) in [7, 11) is 2.07. The standard InChI is InChI=1S/C8H14N2O2S/c1-10-3-2-8(5-10)9-6(4-13-8)7(11)12/h6,9H,2-5H2,1H3,(H,11,12)/t6-,8?/m0/s1. The zero-order valence-electron chi connectivity index (χ0n) is 7.62. The molecule has 0 aromatic rings. The van der Waals surface area contributed by atoms with Crippen LogP contribution in [0.3, 0.4) is 0 Å². The van der Waals surface area contributed by atoms with E-state index in [-0.39, 0.29) is 10.9 Å². The van der Waals surface area contributed by atoms with Gasteiger partial charge in [0.05, 0.1) is 4.87 Å². The summed E-state index contributed by atoms with van der Waals surface area (Å²) in [6, 6.07) is -0.350. The number of rotatable bonds is 1. The fourth-order valence-electron chi connectivity index (χ4n) is 1.98. The summed E-state index contributed by atoms with van der Waals surface area (Å²) in [6.45, 7) is 2.02. The van der Waals surface area contributed by atoms with Crippen molar-refractivity contribution in [2.45, 2.75) is 17.3 Å². The minimum atomic E-state index is -0.723. The molecular formula is C8H14N2O2S. The summed E-state index contributed by atoms with van der Waals surface area (Å²) in [5.74, 6) is -0.0256. The number of carboxylic acids is 1. The van der Waals surface area contributed by atoms with Crippen LogP contribution in [0, 0.1) is 0 Å². The maximum atomic E-state index is 10.7. The van der Waals surface area contributed by atoms with Gasteiger partial charge in [0.2, 0.25) is 0 Å². The first-order chi connectivity index (χ1) is 6.11. The second-order valence-corrected chi connectivity index (χ2v) is 5.23. The first kappa shape index (κ1) is 9.30. The van der Waals surface area contributed by atoms with E-state index in [1.54, 1.807) is 11.8 Å². The Morgan fingerprint density at radius 2 is 2.54 bits per heavy atom. The molecule has 0 radical (unpaired) electrons. The van der Waals surface area contributed by atoms with Crippen molar-refractivity contribution in [3.8, 4) is 0 Å². The third-order valence-electron chi connectivity index (χ3n) is 2.68. The summed E-state index contributed by atoms with van der Waals surface area (Å²) in [5.41, 5.74) is 0. The molecule has 2 saturated heterocycles. The normalized spacial score (nSPS) is 40.2. The minimum Gasteiger partial charge on any atom is -0.480 e. The third-order valence-corrected chi connectivity index (χ3v) is 4.19. The average Bonchev–Trinajstić information content (AvgIpc) is 2.61. The fourth-order valence-corrected chi connectivity index (χ4v) is 3.46. The lowest BCUT2D eigenvalue weighted by Crippen LogP contribution is -2.46. The summed E-state index contributed by atoms with van der Waals surface area (Å²) in [4.78, 5) is 13.0. The number of aliphatic carboxylic acids is 1. The van der Waals surface area contributed by atoms with Gasteiger partial charge in [0.15, 0.2) is 0 Å². The molecule has 13 heavy (non-hydrogen) atoms. The largest absolute Gasteiger partial charge is 0.480 e. The summed E-state index contributed by atoms with van der Waals surface area (Å²) in [5, 5.41) is 12.1. The van der Waals surface area contributed by atoms with Crippen LogP contribution in [0.15, 0.2) is 0 Å². The molecule has 0 bridgehead atoms. The molecular weight excluding hydrogens is 188 g/mol. The van der Waals surface area contributed by atoms with E-state index >= 15 is 0 Å². The Bertz CT molecular complexity index is 236. The number of likely N-dealkylation sites (tertiary alicyclic amines) is 1. The van der Waals surface area contributed by atoms with Gasteiger partial charge >= 0.3 is 5.97 Å². The van der Waals surface area contributed by atoms with Crippen LogP contribution in [-0.4, -0.2) is 52.8 Å². The lowest BCUT2D eigenvalue weighted by atomic mass is 10.2. The third kappa shape index (κ3) is 1.68. The molecule has 0 aliphatic carbocycles. The molecule has 2 aliphatic heterocycles. The Balaban J connectivity index is 2.01. The van der Waals surface area contributed by atoms with E-state index in [2.05, 4.69) is 17.3 Å². The molecule has 0 amide bonds. The number of likely N-dealkylation sites (N-methyl/N-ethyl adjacent to an activating group) is 1. The number of nitrogens with zero attached hydrogens (tertiary/aromatic N) is 1. The second kappa shape index (κ2) is 3.15.